The number of nitrogens with zero attached hydrogens (tertiary/aromatic N) is 3. The predicted molar refractivity (Wildman–Crippen MR) is 168 cm³/mol. The minimum absolute atomic E-state index is 0.00719. The first kappa shape index (κ1) is 27.4. The number of benzene rings is 2. The van der Waals surface area contributed by atoms with Gasteiger partial charge in [0.25, 0.3) is 11.5 Å². The number of hydrogen-bond acceptors (Lipinski definition) is 8. The summed E-state index contributed by atoms with van der Waals surface area (Å²) < 4.78 is 8.78. The molecule has 2 aromatic carbocycles. The Balaban J connectivity index is 1.41. The number of hydrazone groups is 1. The Kier molecular flexibility index (Phi) is 8.59. The molecular weight excluding hydrogens is 750 g/mol. The van der Waals surface area contributed by atoms with E-state index in [1.165, 1.54) is 22.9 Å². The number of hydrogen-bond donors (Lipinski definition) is 2. The molecule has 0 aliphatic heterocycles. The highest BCUT2D eigenvalue weighted by Gasteiger charge is 2.24. The van der Waals surface area contributed by atoms with Crippen LogP contribution in [0.5, 0.6) is 11.5 Å². The van der Waals surface area contributed by atoms with Crippen molar-refractivity contribution in [1.82, 2.24) is 15.0 Å². The third-order valence-corrected chi connectivity index (χ3v) is 9.47. The number of aryl methyl sites for hydroxylation is 2. The summed E-state index contributed by atoms with van der Waals surface area (Å²) in [5.74, 6) is 0.480. The number of amides is 1. The van der Waals surface area contributed by atoms with Crippen LogP contribution in [0.4, 0.5) is 0 Å². The van der Waals surface area contributed by atoms with E-state index < -0.39 is 0 Å². The molecule has 8 nitrogen and oxygen atoms in total. The van der Waals surface area contributed by atoms with Crippen molar-refractivity contribution in [1.29, 1.82) is 0 Å². The molecule has 0 unspecified atom stereocenters. The standard InChI is InChI=1S/C26H22I2N4O4S2/c1-2-36-17-8-6-16(7-9-17)32-25(35)22-18-4-3-5-20(18)38-24(22)30-26(32)37-13-21(33)31-29-12-14-10-15(27)11-19(28)23(14)34/h6-12,34H,2-5,13H2,1H3,(H,31,33)/b29-12+. The molecule has 2 heterocycles. The topological polar surface area (TPSA) is 106 Å². The number of fused-ring (bicyclic) bond motifs is 3. The SMILES string of the molecule is CCOc1ccc(-n2c(SCC(=O)N/N=C/c3cc(I)cc(I)c3O)nc3sc4c(c3c2=O)CCC4)cc1. The van der Waals surface area contributed by atoms with Crippen LogP contribution < -0.4 is 15.7 Å². The van der Waals surface area contributed by atoms with Crippen molar-refractivity contribution >= 4 is 90.6 Å². The van der Waals surface area contributed by atoms with E-state index in [0.29, 0.717) is 36.8 Å². The molecule has 0 saturated carbocycles. The third kappa shape index (κ3) is 5.72. The molecule has 2 N–H and O–H groups in total. The fourth-order valence-electron chi connectivity index (χ4n) is 4.23. The van der Waals surface area contributed by atoms with Gasteiger partial charge in [-0.2, -0.15) is 5.10 Å². The van der Waals surface area contributed by atoms with Gasteiger partial charge in [-0.25, -0.2) is 10.4 Å². The minimum atomic E-state index is -0.354. The van der Waals surface area contributed by atoms with Gasteiger partial charge in [0.15, 0.2) is 5.16 Å². The second-order valence-corrected chi connectivity index (χ2v) is 12.8. The van der Waals surface area contributed by atoms with Crippen LogP contribution in [0.1, 0.15) is 29.3 Å². The number of halogens is 2. The number of thiophene rings is 1. The Bertz CT molecular complexity index is 1620. The fourth-order valence-corrected chi connectivity index (χ4v) is 8.23. The van der Waals surface area contributed by atoms with Gasteiger partial charge < -0.3 is 9.84 Å². The van der Waals surface area contributed by atoms with E-state index in [0.717, 1.165) is 34.1 Å². The first-order valence-electron chi connectivity index (χ1n) is 11.8. The molecule has 196 valence electrons. The zero-order valence-corrected chi connectivity index (χ0v) is 26.1. The van der Waals surface area contributed by atoms with Crippen LogP contribution in [-0.4, -0.2) is 39.1 Å². The van der Waals surface area contributed by atoms with Crippen molar-refractivity contribution < 1.29 is 14.6 Å². The quantitative estimate of drug-likeness (QED) is 0.0808. The van der Waals surface area contributed by atoms with Crippen LogP contribution in [0.3, 0.4) is 0 Å². The largest absolute Gasteiger partial charge is 0.506 e. The number of phenolic OH excluding ortho intramolecular Hbond substituents is 1. The van der Waals surface area contributed by atoms with E-state index >= 15 is 0 Å². The number of thioether (sulfide) groups is 1. The number of aromatic nitrogens is 2. The number of rotatable bonds is 8. The number of aromatic hydroxyl groups is 1. The molecule has 0 spiro atoms. The molecule has 1 amide bonds. The van der Waals surface area contributed by atoms with Crippen molar-refractivity contribution in [3.05, 3.63) is 69.9 Å². The Morgan fingerprint density at radius 2 is 2.08 bits per heavy atom. The maximum absolute atomic E-state index is 13.8. The number of phenols is 1. The number of ether oxygens (including phenoxy) is 1. The fraction of sp³-hybridized carbons (Fsp3) is 0.231. The summed E-state index contributed by atoms with van der Waals surface area (Å²) in [7, 11) is 0. The normalized spacial score (nSPS) is 12.8. The number of carbonyl (C=O) groups is 1. The summed E-state index contributed by atoms with van der Waals surface area (Å²) in [5.41, 5.74) is 4.66. The lowest BCUT2D eigenvalue weighted by Crippen LogP contribution is -2.24. The van der Waals surface area contributed by atoms with Gasteiger partial charge in [0.1, 0.15) is 16.3 Å². The highest BCUT2D eigenvalue weighted by Crippen LogP contribution is 2.36. The lowest BCUT2D eigenvalue weighted by atomic mass is 10.2. The smallest absolute Gasteiger partial charge is 0.267 e. The van der Waals surface area contributed by atoms with Gasteiger partial charge in [-0.15, -0.1) is 11.3 Å². The predicted octanol–water partition coefficient (Wildman–Crippen LogP) is 5.49. The van der Waals surface area contributed by atoms with Crippen LogP contribution in [0.2, 0.25) is 0 Å². The molecule has 0 saturated heterocycles. The van der Waals surface area contributed by atoms with Gasteiger partial charge in [-0.1, -0.05) is 11.8 Å². The molecular formula is C26H22I2N4O4S2. The Morgan fingerprint density at radius 3 is 2.84 bits per heavy atom. The zero-order chi connectivity index (χ0) is 26.8. The second kappa shape index (κ2) is 11.9. The van der Waals surface area contributed by atoms with Crippen LogP contribution >= 0.6 is 68.3 Å². The lowest BCUT2D eigenvalue weighted by Gasteiger charge is -2.13. The minimum Gasteiger partial charge on any atom is -0.506 e. The molecule has 1 aliphatic carbocycles. The van der Waals surface area contributed by atoms with E-state index in [9.17, 15) is 14.7 Å². The van der Waals surface area contributed by atoms with Gasteiger partial charge in [-0.3, -0.25) is 14.2 Å². The molecule has 0 bridgehead atoms. The molecule has 5 rings (SSSR count). The van der Waals surface area contributed by atoms with E-state index in [1.807, 2.05) is 59.8 Å². The molecule has 1 aliphatic rings. The van der Waals surface area contributed by atoms with E-state index in [2.05, 4.69) is 33.1 Å². The summed E-state index contributed by atoms with van der Waals surface area (Å²) >= 11 is 6.95. The number of carbonyl (C=O) groups excluding carboxylic acids is 1. The van der Waals surface area contributed by atoms with Crippen LogP contribution in [0, 0.1) is 7.14 Å². The van der Waals surface area contributed by atoms with Crippen LogP contribution in [0.15, 0.2) is 51.5 Å². The van der Waals surface area contributed by atoms with Gasteiger partial charge in [0, 0.05) is 14.0 Å². The number of nitrogens with one attached hydrogen (secondary N) is 1. The molecule has 12 heteroatoms. The second-order valence-electron chi connectivity index (χ2n) is 8.41. The zero-order valence-electron chi connectivity index (χ0n) is 20.2. The van der Waals surface area contributed by atoms with Crippen molar-refractivity contribution in [2.24, 2.45) is 5.10 Å². The summed E-state index contributed by atoms with van der Waals surface area (Å²) in [6.45, 7) is 2.47. The van der Waals surface area contributed by atoms with Crippen LogP contribution in [0.25, 0.3) is 15.9 Å². The molecule has 4 aromatic rings. The van der Waals surface area contributed by atoms with Crippen molar-refractivity contribution in [3.8, 4) is 17.2 Å². The van der Waals surface area contributed by atoms with Gasteiger partial charge in [0.2, 0.25) is 0 Å². The first-order chi connectivity index (χ1) is 18.4. The molecule has 0 radical (unpaired) electrons. The maximum atomic E-state index is 13.8. The van der Waals surface area contributed by atoms with E-state index in [1.54, 1.807) is 22.0 Å². The maximum Gasteiger partial charge on any atom is 0.267 e. The average molecular weight is 772 g/mol. The van der Waals surface area contributed by atoms with Crippen molar-refractivity contribution in [2.45, 2.75) is 31.3 Å². The Labute approximate surface area is 254 Å². The van der Waals surface area contributed by atoms with Crippen molar-refractivity contribution in [2.75, 3.05) is 12.4 Å². The van der Waals surface area contributed by atoms with Gasteiger partial charge in [-0.05, 0) is 113 Å². The highest BCUT2D eigenvalue weighted by atomic mass is 127. The first-order valence-corrected chi connectivity index (χ1v) is 15.7. The van der Waals surface area contributed by atoms with E-state index in [4.69, 9.17) is 9.72 Å². The van der Waals surface area contributed by atoms with Gasteiger partial charge in [0.05, 0.1) is 33.2 Å². The van der Waals surface area contributed by atoms with Crippen LogP contribution in [-0.2, 0) is 17.6 Å². The Morgan fingerprint density at radius 1 is 1.29 bits per heavy atom. The monoisotopic (exact) mass is 772 g/mol. The summed E-state index contributed by atoms with van der Waals surface area (Å²) in [5, 5.41) is 15.3. The van der Waals surface area contributed by atoms with E-state index in [-0.39, 0.29) is 23.0 Å². The van der Waals surface area contributed by atoms with Gasteiger partial charge >= 0.3 is 0 Å². The molecule has 0 fully saturated rings. The molecule has 38 heavy (non-hydrogen) atoms. The Hall–Kier alpha value is -2.17. The summed E-state index contributed by atoms with van der Waals surface area (Å²) in [6, 6.07) is 10.9. The summed E-state index contributed by atoms with van der Waals surface area (Å²) in [4.78, 5) is 33.2. The highest BCUT2D eigenvalue weighted by molar-refractivity contribution is 14.1. The third-order valence-electron chi connectivity index (χ3n) is 5.90. The average Bonchev–Trinajstić information content (AvgIpc) is 3.48. The molecule has 0 atom stereocenters. The van der Waals surface area contributed by atoms with Crippen molar-refractivity contribution in [3.63, 3.8) is 0 Å². The lowest BCUT2D eigenvalue weighted by molar-refractivity contribution is -0.118. The molecule has 2 aromatic heterocycles. The summed E-state index contributed by atoms with van der Waals surface area (Å²) in [6.07, 6.45) is 4.32.